The molecule has 0 saturated carbocycles. The van der Waals surface area contributed by atoms with Gasteiger partial charge in [-0.05, 0) is 30.7 Å². The van der Waals surface area contributed by atoms with Crippen LogP contribution in [0.5, 0.6) is 0 Å². The lowest BCUT2D eigenvalue weighted by Crippen LogP contribution is -2.36. The minimum Gasteiger partial charge on any atom is -0.341 e. The van der Waals surface area contributed by atoms with E-state index in [-0.39, 0.29) is 11.7 Å². The quantitative estimate of drug-likeness (QED) is 0.704. The van der Waals surface area contributed by atoms with Crippen LogP contribution < -0.4 is 16.3 Å². The van der Waals surface area contributed by atoms with E-state index >= 15 is 0 Å². The number of benzene rings is 2. The summed E-state index contributed by atoms with van der Waals surface area (Å²) in [7, 11) is 3.34. The highest BCUT2D eigenvalue weighted by atomic mass is 16.2. The van der Waals surface area contributed by atoms with Crippen LogP contribution >= 0.6 is 0 Å². The normalized spacial score (nSPS) is 12.0. The van der Waals surface area contributed by atoms with Gasteiger partial charge < -0.3 is 10.6 Å². The van der Waals surface area contributed by atoms with Crippen LogP contribution in [0.2, 0.25) is 0 Å². The molecule has 0 unspecified atom stereocenters. The molecule has 0 bridgehead atoms. The van der Waals surface area contributed by atoms with Gasteiger partial charge in [-0.25, -0.2) is 4.79 Å². The number of imidazole rings is 1. The highest BCUT2D eigenvalue weighted by molar-refractivity contribution is 6.39. The Kier molecular flexibility index (Phi) is 4.62. The molecule has 3 rings (SSSR count). The zero-order valence-corrected chi connectivity index (χ0v) is 14.8. The number of carbonyl (C=O) groups is 2. The van der Waals surface area contributed by atoms with Crippen molar-refractivity contribution >= 4 is 28.5 Å². The van der Waals surface area contributed by atoms with E-state index in [9.17, 15) is 14.4 Å². The van der Waals surface area contributed by atoms with Gasteiger partial charge in [0.2, 0.25) is 0 Å². The first-order valence-electron chi connectivity index (χ1n) is 8.20. The summed E-state index contributed by atoms with van der Waals surface area (Å²) in [6.45, 7) is 1.81. The van der Waals surface area contributed by atoms with Crippen LogP contribution in [0.25, 0.3) is 11.0 Å². The zero-order chi connectivity index (χ0) is 18.8. The van der Waals surface area contributed by atoms with Crippen molar-refractivity contribution in [3.8, 4) is 0 Å². The summed E-state index contributed by atoms with van der Waals surface area (Å²) in [5, 5.41) is 5.24. The lowest BCUT2D eigenvalue weighted by molar-refractivity contribution is -0.136. The molecule has 134 valence electrons. The molecule has 2 N–H and O–H groups in total. The van der Waals surface area contributed by atoms with Gasteiger partial charge in [-0.1, -0.05) is 30.3 Å². The molecule has 7 nitrogen and oxygen atoms in total. The second-order valence-electron chi connectivity index (χ2n) is 6.16. The van der Waals surface area contributed by atoms with Crippen LogP contribution in [0.4, 0.5) is 5.69 Å². The van der Waals surface area contributed by atoms with Gasteiger partial charge in [0.05, 0.1) is 17.1 Å². The average molecular weight is 352 g/mol. The molecule has 7 heteroatoms. The lowest BCUT2D eigenvalue weighted by Gasteiger charge is -2.14. The van der Waals surface area contributed by atoms with Crippen molar-refractivity contribution in [2.75, 3.05) is 5.32 Å². The Morgan fingerprint density at radius 2 is 1.58 bits per heavy atom. The summed E-state index contributed by atoms with van der Waals surface area (Å²) >= 11 is 0. The lowest BCUT2D eigenvalue weighted by atomic mass is 10.1. The van der Waals surface area contributed by atoms with Gasteiger partial charge in [0.15, 0.2) is 0 Å². The summed E-state index contributed by atoms with van der Waals surface area (Å²) in [6.07, 6.45) is 0. The van der Waals surface area contributed by atoms with Crippen LogP contribution in [0.3, 0.4) is 0 Å². The molecule has 0 spiro atoms. The van der Waals surface area contributed by atoms with Gasteiger partial charge >= 0.3 is 17.5 Å². The van der Waals surface area contributed by atoms with Crippen molar-refractivity contribution in [2.45, 2.75) is 13.0 Å². The largest absolute Gasteiger partial charge is 0.341 e. The predicted molar refractivity (Wildman–Crippen MR) is 99.8 cm³/mol. The summed E-state index contributed by atoms with van der Waals surface area (Å²) in [6, 6.07) is 14.2. The number of amides is 2. The Morgan fingerprint density at radius 1 is 0.923 bits per heavy atom. The Hall–Kier alpha value is -3.35. The van der Waals surface area contributed by atoms with Crippen molar-refractivity contribution in [2.24, 2.45) is 14.1 Å². The van der Waals surface area contributed by atoms with Gasteiger partial charge in [0, 0.05) is 19.8 Å². The highest BCUT2D eigenvalue weighted by Crippen LogP contribution is 2.17. The fourth-order valence-electron chi connectivity index (χ4n) is 2.86. The molecule has 0 fully saturated rings. The van der Waals surface area contributed by atoms with Crippen molar-refractivity contribution in [1.29, 1.82) is 0 Å². The first-order chi connectivity index (χ1) is 12.4. The maximum absolute atomic E-state index is 12.2. The summed E-state index contributed by atoms with van der Waals surface area (Å²) in [5.41, 5.74) is 2.63. The molecule has 0 radical (unpaired) electrons. The van der Waals surface area contributed by atoms with Crippen LogP contribution in [0, 0.1) is 0 Å². The van der Waals surface area contributed by atoms with E-state index < -0.39 is 11.8 Å². The number of carbonyl (C=O) groups excluding carboxylic acids is 2. The Bertz CT molecular complexity index is 1030. The fourth-order valence-corrected chi connectivity index (χ4v) is 2.86. The number of hydrogen-bond donors (Lipinski definition) is 2. The second-order valence-corrected chi connectivity index (χ2v) is 6.16. The maximum Gasteiger partial charge on any atom is 0.328 e. The first-order valence-corrected chi connectivity index (χ1v) is 8.20. The van der Waals surface area contributed by atoms with E-state index in [0.29, 0.717) is 11.2 Å². The summed E-state index contributed by atoms with van der Waals surface area (Å²) < 4.78 is 3.01. The molecule has 2 amide bonds. The maximum atomic E-state index is 12.2. The SMILES string of the molecule is C[C@@H](NC(=O)C(=O)Nc1ccc2c(c1)n(C)c(=O)n2C)c1ccccc1. The number of anilines is 1. The molecule has 26 heavy (non-hydrogen) atoms. The number of hydrogen-bond acceptors (Lipinski definition) is 3. The fraction of sp³-hybridized carbons (Fsp3) is 0.211. The molecule has 1 heterocycles. The van der Waals surface area contributed by atoms with E-state index in [1.54, 1.807) is 32.3 Å². The topological polar surface area (TPSA) is 85.1 Å². The molecule has 1 aromatic heterocycles. The third-order valence-corrected chi connectivity index (χ3v) is 4.38. The van der Waals surface area contributed by atoms with E-state index in [1.165, 1.54) is 9.13 Å². The minimum absolute atomic E-state index is 0.155. The van der Waals surface area contributed by atoms with Gasteiger partial charge in [-0.3, -0.25) is 18.7 Å². The summed E-state index contributed by atoms with van der Waals surface area (Å²) in [5.74, 6) is -1.48. The van der Waals surface area contributed by atoms with E-state index in [4.69, 9.17) is 0 Å². The number of rotatable bonds is 3. The van der Waals surface area contributed by atoms with Gasteiger partial charge in [0.25, 0.3) is 0 Å². The molecule has 2 aromatic carbocycles. The third-order valence-electron chi connectivity index (χ3n) is 4.38. The van der Waals surface area contributed by atoms with Crippen molar-refractivity contribution in [1.82, 2.24) is 14.5 Å². The predicted octanol–water partition coefficient (Wildman–Crippen LogP) is 1.69. The van der Waals surface area contributed by atoms with Crippen molar-refractivity contribution in [3.63, 3.8) is 0 Å². The molecule has 1 atom stereocenters. The molecule has 3 aromatic rings. The first kappa shape index (κ1) is 17.5. The second kappa shape index (κ2) is 6.87. The smallest absolute Gasteiger partial charge is 0.328 e. The van der Waals surface area contributed by atoms with Crippen molar-refractivity contribution in [3.05, 3.63) is 64.6 Å². The van der Waals surface area contributed by atoms with Crippen LogP contribution in [-0.2, 0) is 23.7 Å². The van der Waals surface area contributed by atoms with E-state index in [2.05, 4.69) is 10.6 Å². The number of fused-ring (bicyclic) bond motifs is 1. The zero-order valence-electron chi connectivity index (χ0n) is 14.8. The Labute approximate surface area is 150 Å². The standard InChI is InChI=1S/C19H20N4O3/c1-12(13-7-5-4-6-8-13)20-17(24)18(25)21-14-9-10-15-16(11-14)23(3)19(26)22(15)2/h4-12H,1-3H3,(H,20,24)(H,21,25)/t12-/m1/s1. The average Bonchev–Trinajstić information content (AvgIpc) is 2.86. The van der Waals surface area contributed by atoms with Gasteiger partial charge in [0.1, 0.15) is 0 Å². The number of nitrogens with one attached hydrogen (secondary N) is 2. The van der Waals surface area contributed by atoms with Gasteiger partial charge in [-0.2, -0.15) is 0 Å². The Morgan fingerprint density at radius 3 is 2.27 bits per heavy atom. The van der Waals surface area contributed by atoms with Crippen LogP contribution in [0.15, 0.2) is 53.3 Å². The van der Waals surface area contributed by atoms with E-state index in [0.717, 1.165) is 11.1 Å². The third kappa shape index (κ3) is 3.23. The number of aryl methyl sites for hydroxylation is 2. The molecular weight excluding hydrogens is 332 g/mol. The molecule has 0 aliphatic carbocycles. The monoisotopic (exact) mass is 352 g/mol. The molecule has 0 aliphatic heterocycles. The summed E-state index contributed by atoms with van der Waals surface area (Å²) in [4.78, 5) is 36.3. The van der Waals surface area contributed by atoms with Gasteiger partial charge in [-0.15, -0.1) is 0 Å². The highest BCUT2D eigenvalue weighted by Gasteiger charge is 2.18. The minimum atomic E-state index is -0.756. The van der Waals surface area contributed by atoms with Crippen molar-refractivity contribution < 1.29 is 9.59 Å². The van der Waals surface area contributed by atoms with E-state index in [1.807, 2.05) is 37.3 Å². The molecular formula is C19H20N4O3. The Balaban J connectivity index is 1.73. The number of nitrogens with zero attached hydrogens (tertiary/aromatic N) is 2. The van der Waals surface area contributed by atoms with Crippen LogP contribution in [0.1, 0.15) is 18.5 Å². The molecule has 0 saturated heterocycles. The number of aromatic nitrogens is 2. The van der Waals surface area contributed by atoms with Crippen LogP contribution in [-0.4, -0.2) is 20.9 Å². The molecule has 0 aliphatic rings.